The molecule has 0 bridgehead atoms. The quantitative estimate of drug-likeness (QED) is 0.432. The van der Waals surface area contributed by atoms with Crippen molar-refractivity contribution in [3.05, 3.63) is 0 Å². The first-order valence-corrected chi connectivity index (χ1v) is 6.52. The molecule has 1 saturated carbocycles. The van der Waals surface area contributed by atoms with Crippen molar-refractivity contribution >= 4 is 21.9 Å². The van der Waals surface area contributed by atoms with E-state index >= 15 is 0 Å². The van der Waals surface area contributed by atoms with E-state index in [2.05, 4.69) is 15.9 Å². The smallest absolute Gasteiger partial charge is 0.311 e. The molecule has 1 rings (SSSR count). The average Bonchev–Trinajstić information content (AvgIpc) is 2.67. The predicted molar refractivity (Wildman–Crippen MR) is 60.6 cm³/mol. The van der Waals surface area contributed by atoms with E-state index in [1.54, 1.807) is 0 Å². The second-order valence-electron chi connectivity index (χ2n) is 4.13. The van der Waals surface area contributed by atoms with Gasteiger partial charge in [-0.2, -0.15) is 0 Å². The van der Waals surface area contributed by atoms with Gasteiger partial charge in [-0.3, -0.25) is 4.79 Å². The van der Waals surface area contributed by atoms with Crippen molar-refractivity contribution in [1.82, 2.24) is 0 Å². The summed E-state index contributed by atoms with van der Waals surface area (Å²) in [5, 5.41) is 1.03. The van der Waals surface area contributed by atoms with Crippen LogP contribution < -0.4 is 0 Å². The van der Waals surface area contributed by atoms with Crippen LogP contribution in [0.5, 0.6) is 0 Å². The number of hydrogen-bond acceptors (Lipinski definition) is 2. The second-order valence-corrected chi connectivity index (χ2v) is 4.92. The fourth-order valence-electron chi connectivity index (χ4n) is 2.38. The van der Waals surface area contributed by atoms with Gasteiger partial charge >= 0.3 is 5.97 Å². The number of esters is 1. The number of ether oxygens (including phenoxy) is 1. The Balaban J connectivity index is 2.49. The number of rotatable bonds is 5. The molecule has 0 aliphatic heterocycles. The molecule has 0 aromatic rings. The number of methoxy groups -OCH3 is 1. The third-order valence-electron chi connectivity index (χ3n) is 3.22. The van der Waals surface area contributed by atoms with Crippen LogP contribution in [0.2, 0.25) is 0 Å². The molecule has 0 saturated heterocycles. The molecule has 2 nitrogen and oxygen atoms in total. The van der Waals surface area contributed by atoms with Gasteiger partial charge in [-0.1, -0.05) is 35.2 Å². The minimum absolute atomic E-state index is 0.0181. The van der Waals surface area contributed by atoms with Gasteiger partial charge in [-0.25, -0.2) is 0 Å². The molecule has 1 fully saturated rings. The molecule has 3 heteroatoms. The van der Waals surface area contributed by atoms with Gasteiger partial charge in [0, 0.05) is 5.33 Å². The summed E-state index contributed by atoms with van der Waals surface area (Å²) < 4.78 is 4.92. The van der Waals surface area contributed by atoms with Crippen LogP contribution in [0.25, 0.3) is 0 Å². The van der Waals surface area contributed by atoms with Gasteiger partial charge in [0.2, 0.25) is 0 Å². The third-order valence-corrected chi connectivity index (χ3v) is 3.78. The van der Waals surface area contributed by atoms with Crippen LogP contribution in [0, 0.1) is 5.41 Å². The lowest BCUT2D eigenvalue weighted by Crippen LogP contribution is -2.29. The summed E-state index contributed by atoms with van der Waals surface area (Å²) in [6, 6.07) is 0. The number of hydrogen-bond donors (Lipinski definition) is 0. The van der Waals surface area contributed by atoms with E-state index in [9.17, 15) is 4.79 Å². The van der Waals surface area contributed by atoms with Gasteiger partial charge < -0.3 is 4.74 Å². The minimum Gasteiger partial charge on any atom is -0.469 e. The Morgan fingerprint density at radius 2 is 2.00 bits per heavy atom. The van der Waals surface area contributed by atoms with Gasteiger partial charge in [-0.15, -0.1) is 0 Å². The van der Waals surface area contributed by atoms with E-state index in [4.69, 9.17) is 4.74 Å². The lowest BCUT2D eigenvalue weighted by atomic mass is 9.81. The van der Waals surface area contributed by atoms with Crippen molar-refractivity contribution in [2.45, 2.75) is 44.9 Å². The predicted octanol–water partition coefficient (Wildman–Crippen LogP) is 3.29. The molecule has 1 aliphatic rings. The van der Waals surface area contributed by atoms with E-state index in [-0.39, 0.29) is 11.4 Å². The lowest BCUT2D eigenvalue weighted by Gasteiger charge is -2.25. The molecule has 0 atom stereocenters. The van der Waals surface area contributed by atoms with Crippen LogP contribution in [0.1, 0.15) is 44.9 Å². The summed E-state index contributed by atoms with van der Waals surface area (Å²) in [6.07, 6.45) is 7.71. The van der Waals surface area contributed by atoms with Gasteiger partial charge in [0.1, 0.15) is 0 Å². The third kappa shape index (κ3) is 2.72. The maximum absolute atomic E-state index is 11.7. The molecule has 82 valence electrons. The highest BCUT2D eigenvalue weighted by Crippen LogP contribution is 2.43. The first-order chi connectivity index (χ1) is 6.75. The molecule has 0 heterocycles. The molecule has 14 heavy (non-hydrogen) atoms. The van der Waals surface area contributed by atoms with Crippen LogP contribution in [-0.2, 0) is 9.53 Å². The van der Waals surface area contributed by atoms with E-state index in [1.165, 1.54) is 20.0 Å². The second kappa shape index (κ2) is 5.74. The molecule has 0 amide bonds. The molecule has 0 spiro atoms. The van der Waals surface area contributed by atoms with Crippen molar-refractivity contribution in [3.8, 4) is 0 Å². The Morgan fingerprint density at radius 3 is 2.50 bits per heavy atom. The molecule has 0 aromatic carbocycles. The zero-order chi connectivity index (χ0) is 10.4. The van der Waals surface area contributed by atoms with Gasteiger partial charge in [-0.05, 0) is 25.7 Å². The SMILES string of the molecule is COC(=O)C1(CCCCBr)CCCC1. The number of carbonyl (C=O) groups is 1. The maximum Gasteiger partial charge on any atom is 0.311 e. The number of alkyl halides is 1. The molecular formula is C11H19BrO2. The van der Waals surface area contributed by atoms with E-state index in [0.29, 0.717) is 0 Å². The summed E-state index contributed by atoms with van der Waals surface area (Å²) in [4.78, 5) is 11.7. The van der Waals surface area contributed by atoms with Crippen molar-refractivity contribution in [3.63, 3.8) is 0 Å². The Morgan fingerprint density at radius 1 is 1.36 bits per heavy atom. The Bertz CT molecular complexity index is 186. The number of carbonyl (C=O) groups excluding carboxylic acids is 1. The van der Waals surface area contributed by atoms with Crippen LogP contribution in [0.3, 0.4) is 0 Å². The molecule has 1 aliphatic carbocycles. The Labute approximate surface area is 94.5 Å². The van der Waals surface area contributed by atoms with Gasteiger partial charge in [0.15, 0.2) is 0 Å². The highest BCUT2D eigenvalue weighted by Gasteiger charge is 2.41. The summed E-state index contributed by atoms with van der Waals surface area (Å²) >= 11 is 3.41. The van der Waals surface area contributed by atoms with Gasteiger partial charge in [0.25, 0.3) is 0 Å². The van der Waals surface area contributed by atoms with Gasteiger partial charge in [0.05, 0.1) is 12.5 Å². The lowest BCUT2D eigenvalue weighted by molar-refractivity contribution is -0.153. The van der Waals surface area contributed by atoms with Crippen molar-refractivity contribution < 1.29 is 9.53 Å². The van der Waals surface area contributed by atoms with E-state index < -0.39 is 0 Å². The van der Waals surface area contributed by atoms with E-state index in [1.807, 2.05) is 0 Å². The topological polar surface area (TPSA) is 26.3 Å². The molecule has 0 unspecified atom stereocenters. The van der Waals surface area contributed by atoms with Crippen molar-refractivity contribution in [1.29, 1.82) is 0 Å². The first kappa shape index (κ1) is 12.0. The summed E-state index contributed by atoms with van der Waals surface area (Å²) in [6.45, 7) is 0. The van der Waals surface area contributed by atoms with Crippen LogP contribution >= 0.6 is 15.9 Å². The Kier molecular flexibility index (Phi) is 4.93. The summed E-state index contributed by atoms with van der Waals surface area (Å²) in [5.74, 6) is 0.0181. The zero-order valence-electron chi connectivity index (χ0n) is 8.85. The number of unbranched alkanes of at least 4 members (excludes halogenated alkanes) is 1. The maximum atomic E-state index is 11.7. The fraction of sp³-hybridized carbons (Fsp3) is 0.909. The molecular weight excluding hydrogens is 244 g/mol. The number of halogens is 1. The first-order valence-electron chi connectivity index (χ1n) is 5.39. The largest absolute Gasteiger partial charge is 0.469 e. The Hall–Kier alpha value is -0.0500. The molecule has 0 aromatic heterocycles. The molecule has 0 radical (unpaired) electrons. The van der Waals surface area contributed by atoms with Crippen molar-refractivity contribution in [2.24, 2.45) is 5.41 Å². The standard InChI is InChI=1S/C11H19BrO2/c1-14-10(13)11(6-2-3-7-11)8-4-5-9-12/h2-9H2,1H3. The highest BCUT2D eigenvalue weighted by molar-refractivity contribution is 9.09. The molecule has 0 N–H and O–H groups in total. The fourth-order valence-corrected chi connectivity index (χ4v) is 2.78. The summed E-state index contributed by atoms with van der Waals surface area (Å²) in [7, 11) is 1.51. The summed E-state index contributed by atoms with van der Waals surface area (Å²) in [5.41, 5.74) is -0.128. The minimum atomic E-state index is -0.128. The van der Waals surface area contributed by atoms with E-state index in [0.717, 1.165) is 37.4 Å². The van der Waals surface area contributed by atoms with Crippen molar-refractivity contribution in [2.75, 3.05) is 12.4 Å². The monoisotopic (exact) mass is 262 g/mol. The normalized spacial score (nSPS) is 19.6. The van der Waals surface area contributed by atoms with Crippen LogP contribution in [-0.4, -0.2) is 18.4 Å². The van der Waals surface area contributed by atoms with Crippen LogP contribution in [0.15, 0.2) is 0 Å². The average molecular weight is 263 g/mol. The highest BCUT2D eigenvalue weighted by atomic mass is 79.9. The van der Waals surface area contributed by atoms with Crippen LogP contribution in [0.4, 0.5) is 0 Å². The zero-order valence-corrected chi connectivity index (χ0v) is 10.4.